The van der Waals surface area contributed by atoms with Crippen molar-refractivity contribution in [3.05, 3.63) is 64.7 Å². The van der Waals surface area contributed by atoms with E-state index >= 15 is 0 Å². The number of carbonyl (C=O) groups is 2. The maximum Gasteiger partial charge on any atom is 0.220 e. The van der Waals surface area contributed by atoms with Gasteiger partial charge in [-0.3, -0.25) is 9.59 Å². The molecule has 5 nitrogen and oxygen atoms in total. The van der Waals surface area contributed by atoms with E-state index in [1.165, 1.54) is 0 Å². The molecule has 0 spiro atoms. The second kappa shape index (κ2) is 8.83. The molecule has 0 saturated heterocycles. The van der Waals surface area contributed by atoms with Crippen molar-refractivity contribution in [1.29, 1.82) is 0 Å². The summed E-state index contributed by atoms with van der Waals surface area (Å²) in [7, 11) is 1.56. The Balaban J connectivity index is 1.82. The average Bonchev–Trinajstić information content (AvgIpc) is 2.65. The van der Waals surface area contributed by atoms with Crippen molar-refractivity contribution in [1.82, 2.24) is 5.32 Å². The fraction of sp³-hybridized carbons (Fsp3) is 0.300. The van der Waals surface area contributed by atoms with E-state index in [0.29, 0.717) is 21.9 Å². The summed E-state index contributed by atoms with van der Waals surface area (Å²) in [5, 5.41) is 13.7. The monoisotopic (exact) mass is 375 g/mol. The van der Waals surface area contributed by atoms with Crippen LogP contribution in [0.2, 0.25) is 5.02 Å². The van der Waals surface area contributed by atoms with Crippen molar-refractivity contribution in [3.63, 3.8) is 0 Å². The molecule has 138 valence electrons. The molecule has 0 saturated carbocycles. The zero-order chi connectivity index (χ0) is 19.2. The van der Waals surface area contributed by atoms with Gasteiger partial charge in [0.05, 0.1) is 13.7 Å². The third kappa shape index (κ3) is 5.58. The quantitative estimate of drug-likeness (QED) is 0.694. The van der Waals surface area contributed by atoms with E-state index in [2.05, 4.69) is 5.32 Å². The first-order valence-electron chi connectivity index (χ1n) is 8.24. The summed E-state index contributed by atoms with van der Waals surface area (Å²) < 4.78 is 5.05. The van der Waals surface area contributed by atoms with E-state index in [4.69, 9.17) is 16.3 Å². The summed E-state index contributed by atoms with van der Waals surface area (Å²) in [5.74, 6) is 0.261. The third-order valence-electron chi connectivity index (χ3n) is 4.09. The van der Waals surface area contributed by atoms with Gasteiger partial charge < -0.3 is 15.2 Å². The third-order valence-corrected chi connectivity index (χ3v) is 4.34. The molecule has 2 N–H and O–H groups in total. The van der Waals surface area contributed by atoms with Gasteiger partial charge >= 0.3 is 0 Å². The zero-order valence-electron chi connectivity index (χ0n) is 14.8. The van der Waals surface area contributed by atoms with Crippen LogP contribution in [0.1, 0.15) is 35.7 Å². The number of amides is 1. The summed E-state index contributed by atoms with van der Waals surface area (Å²) in [4.78, 5) is 24.1. The van der Waals surface area contributed by atoms with Gasteiger partial charge in [-0.1, -0.05) is 23.7 Å². The van der Waals surface area contributed by atoms with E-state index in [9.17, 15) is 14.7 Å². The first kappa shape index (κ1) is 19.9. The van der Waals surface area contributed by atoms with Crippen LogP contribution in [0.15, 0.2) is 48.5 Å². The van der Waals surface area contributed by atoms with Crippen LogP contribution in [0.3, 0.4) is 0 Å². The molecule has 6 heteroatoms. The van der Waals surface area contributed by atoms with Gasteiger partial charge in [0.1, 0.15) is 11.4 Å². The van der Waals surface area contributed by atoms with E-state index < -0.39 is 5.60 Å². The van der Waals surface area contributed by atoms with Crippen LogP contribution in [-0.4, -0.2) is 30.5 Å². The lowest BCUT2D eigenvalue weighted by atomic mass is 9.96. The number of hydrogen-bond donors (Lipinski definition) is 2. The van der Waals surface area contributed by atoms with Crippen molar-refractivity contribution in [2.24, 2.45) is 0 Å². The number of hydrogen-bond acceptors (Lipinski definition) is 4. The first-order chi connectivity index (χ1) is 12.3. The van der Waals surface area contributed by atoms with Crippen molar-refractivity contribution < 1.29 is 19.4 Å². The highest BCUT2D eigenvalue weighted by molar-refractivity contribution is 6.30. The SMILES string of the molecule is COc1ccc(C(=O)CCC(=O)NCC(C)(O)c2ccc(Cl)cc2)cc1. The van der Waals surface area contributed by atoms with Crippen molar-refractivity contribution in [3.8, 4) is 5.75 Å². The van der Waals surface area contributed by atoms with E-state index in [-0.39, 0.29) is 31.1 Å². The molecule has 1 amide bonds. The Kier molecular flexibility index (Phi) is 6.77. The summed E-state index contributed by atoms with van der Waals surface area (Å²) in [5.41, 5.74) is -0.0384. The number of rotatable bonds is 8. The number of benzene rings is 2. The average molecular weight is 376 g/mol. The van der Waals surface area contributed by atoms with Crippen molar-refractivity contribution in [2.75, 3.05) is 13.7 Å². The molecule has 0 aliphatic rings. The van der Waals surface area contributed by atoms with Crippen LogP contribution < -0.4 is 10.1 Å². The number of ketones is 1. The Morgan fingerprint density at radius 3 is 2.27 bits per heavy atom. The number of methoxy groups -OCH3 is 1. The fourth-order valence-corrected chi connectivity index (χ4v) is 2.54. The Morgan fingerprint density at radius 2 is 1.69 bits per heavy atom. The second-order valence-corrected chi connectivity index (χ2v) is 6.65. The highest BCUT2D eigenvalue weighted by Gasteiger charge is 2.23. The van der Waals surface area contributed by atoms with Gasteiger partial charge in [-0.05, 0) is 48.9 Å². The smallest absolute Gasteiger partial charge is 0.220 e. The van der Waals surface area contributed by atoms with E-state index in [1.807, 2.05) is 0 Å². The Hall–Kier alpha value is -2.37. The summed E-state index contributed by atoms with van der Waals surface area (Å²) in [6.45, 7) is 1.66. The number of nitrogens with one attached hydrogen (secondary N) is 1. The minimum absolute atomic E-state index is 0.0458. The lowest BCUT2D eigenvalue weighted by Gasteiger charge is -2.24. The predicted molar refractivity (Wildman–Crippen MR) is 101 cm³/mol. The van der Waals surface area contributed by atoms with Gasteiger partial charge in [0.25, 0.3) is 0 Å². The Labute approximate surface area is 157 Å². The molecule has 1 atom stereocenters. The Morgan fingerprint density at radius 1 is 1.08 bits per heavy atom. The maximum atomic E-state index is 12.1. The highest BCUT2D eigenvalue weighted by Crippen LogP contribution is 2.21. The minimum atomic E-state index is -1.22. The predicted octanol–water partition coefficient (Wildman–Crippen LogP) is 3.34. The summed E-state index contributed by atoms with van der Waals surface area (Å²) in [6.07, 6.45) is 0.156. The van der Waals surface area contributed by atoms with Gasteiger partial charge in [-0.2, -0.15) is 0 Å². The first-order valence-corrected chi connectivity index (χ1v) is 8.62. The molecule has 2 aromatic carbocycles. The van der Waals surface area contributed by atoms with Gasteiger partial charge in [-0.25, -0.2) is 0 Å². The molecule has 0 bridgehead atoms. The number of aliphatic hydroxyl groups is 1. The van der Waals surface area contributed by atoms with Crippen LogP contribution in [0, 0.1) is 0 Å². The lowest BCUT2D eigenvalue weighted by molar-refractivity contribution is -0.122. The van der Waals surface area contributed by atoms with Gasteiger partial charge in [-0.15, -0.1) is 0 Å². The van der Waals surface area contributed by atoms with Crippen LogP contribution in [0.25, 0.3) is 0 Å². The van der Waals surface area contributed by atoms with E-state index in [0.717, 1.165) is 0 Å². The standard InChI is InChI=1S/C20H22ClNO4/c1-20(25,15-5-7-16(21)8-6-15)13-22-19(24)12-11-18(23)14-3-9-17(26-2)10-4-14/h3-10,25H,11-13H2,1-2H3,(H,22,24). The topological polar surface area (TPSA) is 75.6 Å². The molecular weight excluding hydrogens is 354 g/mol. The molecule has 2 rings (SSSR count). The molecule has 0 aromatic heterocycles. The van der Waals surface area contributed by atoms with Crippen LogP contribution >= 0.6 is 11.6 Å². The van der Waals surface area contributed by atoms with Gasteiger partial charge in [0.15, 0.2) is 5.78 Å². The maximum absolute atomic E-state index is 12.1. The number of Topliss-reactive ketones (excluding diaryl/α,β-unsaturated/α-hetero) is 1. The fourth-order valence-electron chi connectivity index (χ4n) is 2.42. The lowest BCUT2D eigenvalue weighted by Crippen LogP contribution is -2.38. The van der Waals surface area contributed by atoms with Crippen LogP contribution in [-0.2, 0) is 10.4 Å². The molecule has 0 fully saturated rings. The zero-order valence-corrected chi connectivity index (χ0v) is 15.5. The molecule has 0 aliphatic heterocycles. The number of halogens is 1. The van der Waals surface area contributed by atoms with Crippen LogP contribution in [0.5, 0.6) is 5.75 Å². The largest absolute Gasteiger partial charge is 0.497 e. The van der Waals surface area contributed by atoms with Crippen LogP contribution in [0.4, 0.5) is 0 Å². The number of carbonyl (C=O) groups excluding carboxylic acids is 2. The van der Waals surface area contributed by atoms with Crippen molar-refractivity contribution in [2.45, 2.75) is 25.4 Å². The molecule has 0 heterocycles. The molecule has 1 unspecified atom stereocenters. The van der Waals surface area contributed by atoms with E-state index in [1.54, 1.807) is 62.6 Å². The molecule has 26 heavy (non-hydrogen) atoms. The summed E-state index contributed by atoms with van der Waals surface area (Å²) in [6, 6.07) is 13.5. The van der Waals surface area contributed by atoms with Gasteiger partial charge in [0, 0.05) is 23.4 Å². The highest BCUT2D eigenvalue weighted by atomic mass is 35.5. The number of ether oxygens (including phenoxy) is 1. The molecular formula is C20H22ClNO4. The second-order valence-electron chi connectivity index (χ2n) is 6.21. The molecule has 0 radical (unpaired) electrons. The van der Waals surface area contributed by atoms with Crippen molar-refractivity contribution >= 4 is 23.3 Å². The molecule has 0 aliphatic carbocycles. The molecule has 2 aromatic rings. The minimum Gasteiger partial charge on any atom is -0.497 e. The Bertz CT molecular complexity index is 754. The van der Waals surface area contributed by atoms with Gasteiger partial charge in [0.2, 0.25) is 5.91 Å². The normalized spacial score (nSPS) is 12.9. The summed E-state index contributed by atoms with van der Waals surface area (Å²) >= 11 is 5.84.